The molecule has 5 radical (unpaired) electrons. The predicted molar refractivity (Wildman–Crippen MR) is 275 cm³/mol. The van der Waals surface area contributed by atoms with E-state index in [2.05, 4.69) is 241 Å². The Balaban J connectivity index is 1.15. The Morgan fingerprint density at radius 2 is 0.692 bits per heavy atom. The molecule has 0 N–H and O–H groups in total. The number of fused-ring (bicyclic) bond motifs is 15. The van der Waals surface area contributed by atoms with E-state index < -0.39 is 20.8 Å². The number of hydrogen-bond acceptors (Lipinski definition) is 0. The number of benzene rings is 11. The molecular weight excluding hydrogens is 902 g/mol. The van der Waals surface area contributed by atoms with E-state index in [0.717, 1.165) is 0 Å². The Kier molecular flexibility index (Phi) is 8.21. The van der Waals surface area contributed by atoms with Gasteiger partial charge in [-0.05, 0) is 0 Å². The molecule has 2 aliphatic carbocycles. The molecular formula is C63H37Ge2. The van der Waals surface area contributed by atoms with Gasteiger partial charge in [0, 0.05) is 0 Å². The fourth-order valence-electron chi connectivity index (χ4n) is 12.1. The van der Waals surface area contributed by atoms with Crippen LogP contribution in [0.2, 0.25) is 0 Å². The van der Waals surface area contributed by atoms with E-state index in [-0.39, 0.29) is 0 Å². The van der Waals surface area contributed by atoms with E-state index in [1.807, 2.05) is 0 Å². The molecule has 11 aromatic rings. The summed E-state index contributed by atoms with van der Waals surface area (Å²) in [6, 6.07) is 85.4. The van der Waals surface area contributed by atoms with Crippen molar-refractivity contribution in [3.05, 3.63) is 247 Å². The van der Waals surface area contributed by atoms with Gasteiger partial charge in [0.2, 0.25) is 0 Å². The van der Waals surface area contributed by atoms with Gasteiger partial charge in [-0.2, -0.15) is 0 Å². The maximum atomic E-state index is 2.54. The second-order valence-electron chi connectivity index (χ2n) is 17.7. The standard InChI is InChI=1S/C63H37Ge2/c64-57-34-11-6-22-45(57)39-18-2-1-17-38(39)40-24-13-26-47-52(40)37-53-41(46-28-16-36-59-61(46)50-23-7-12-35-58(50)65-59)25-14-27-48(53)60(47)51-30-15-29-49-44-21-5-10-33-56(44)63(62(49)51)54-31-8-3-19-42(54)43-20-4-9-32-55(43)63/h1-37H. The van der Waals surface area contributed by atoms with Crippen molar-refractivity contribution in [2.45, 2.75) is 5.41 Å². The van der Waals surface area contributed by atoms with Crippen molar-refractivity contribution in [3.8, 4) is 77.9 Å². The molecule has 65 heavy (non-hydrogen) atoms. The Hall–Kier alpha value is -6.97. The van der Waals surface area contributed by atoms with Crippen LogP contribution in [0.4, 0.5) is 0 Å². The molecule has 11 aromatic carbocycles. The normalized spacial score (nSPS) is 13.4. The van der Waals surface area contributed by atoms with E-state index in [1.165, 1.54) is 135 Å². The number of hydrogen-bond donors (Lipinski definition) is 0. The van der Waals surface area contributed by atoms with Crippen LogP contribution in [0.15, 0.2) is 224 Å². The first-order chi connectivity index (χ1) is 32.2. The first-order valence-corrected chi connectivity index (χ1v) is 25.7. The van der Waals surface area contributed by atoms with Gasteiger partial charge in [-0.1, -0.05) is 48.5 Å². The minimum atomic E-state index is -0.495. The zero-order valence-electron chi connectivity index (χ0n) is 35.4. The van der Waals surface area contributed by atoms with Gasteiger partial charge in [0.1, 0.15) is 0 Å². The molecule has 0 fully saturated rings. The van der Waals surface area contributed by atoms with E-state index in [4.69, 9.17) is 0 Å². The third kappa shape index (κ3) is 5.15. The van der Waals surface area contributed by atoms with Crippen LogP contribution < -0.4 is 13.2 Å². The van der Waals surface area contributed by atoms with Crippen LogP contribution >= 0.6 is 0 Å². The van der Waals surface area contributed by atoms with E-state index >= 15 is 0 Å². The second kappa shape index (κ2) is 14.3. The third-order valence-electron chi connectivity index (χ3n) is 14.6. The van der Waals surface area contributed by atoms with Crippen LogP contribution in [0.1, 0.15) is 22.3 Å². The first kappa shape index (κ1) is 37.4. The molecule has 1 heterocycles. The molecule has 0 atom stereocenters. The van der Waals surface area contributed by atoms with Crippen LogP contribution in [0.25, 0.3) is 99.4 Å². The van der Waals surface area contributed by atoms with Crippen LogP contribution in [0.5, 0.6) is 0 Å². The van der Waals surface area contributed by atoms with Crippen LogP contribution in [-0.4, -0.2) is 31.9 Å². The van der Waals surface area contributed by atoms with Gasteiger partial charge in [0.15, 0.2) is 0 Å². The average molecular weight is 939 g/mol. The van der Waals surface area contributed by atoms with Gasteiger partial charge in [-0.15, -0.1) is 0 Å². The van der Waals surface area contributed by atoms with Gasteiger partial charge in [0.25, 0.3) is 0 Å². The Morgan fingerprint density at radius 1 is 0.277 bits per heavy atom. The zero-order chi connectivity index (χ0) is 42.8. The summed E-state index contributed by atoms with van der Waals surface area (Å²) in [6.45, 7) is 0. The van der Waals surface area contributed by atoms with Crippen LogP contribution in [0, 0.1) is 0 Å². The van der Waals surface area contributed by atoms with Crippen LogP contribution in [0.3, 0.4) is 0 Å². The monoisotopic (exact) mass is 941 g/mol. The first-order valence-electron chi connectivity index (χ1n) is 22.5. The molecule has 0 saturated carbocycles. The molecule has 14 rings (SSSR count). The van der Waals surface area contributed by atoms with E-state index in [0.29, 0.717) is 0 Å². The van der Waals surface area contributed by atoms with Crippen molar-refractivity contribution < 1.29 is 0 Å². The molecule has 0 unspecified atom stereocenters. The summed E-state index contributed by atoms with van der Waals surface area (Å²) in [5.74, 6) is 0. The van der Waals surface area contributed by atoms with Crippen molar-refractivity contribution >= 4 is 66.7 Å². The molecule has 3 aliphatic rings. The summed E-state index contributed by atoms with van der Waals surface area (Å²) in [5.41, 5.74) is 23.3. The fourth-order valence-corrected chi connectivity index (χ4v) is 15.7. The van der Waals surface area contributed by atoms with Gasteiger partial charge < -0.3 is 0 Å². The van der Waals surface area contributed by atoms with Gasteiger partial charge in [-0.3, -0.25) is 0 Å². The second-order valence-corrected chi connectivity index (χ2v) is 21.6. The maximum absolute atomic E-state index is 2.54. The molecule has 1 aliphatic heterocycles. The summed E-state index contributed by atoms with van der Waals surface area (Å²) in [5, 5.41) is 5.08. The van der Waals surface area contributed by atoms with Crippen molar-refractivity contribution in [2.75, 3.05) is 0 Å². The summed E-state index contributed by atoms with van der Waals surface area (Å²) in [4.78, 5) is 0. The van der Waals surface area contributed by atoms with E-state index in [9.17, 15) is 0 Å². The van der Waals surface area contributed by atoms with E-state index in [1.54, 1.807) is 0 Å². The summed E-state index contributed by atoms with van der Waals surface area (Å²) in [6.07, 6.45) is 0. The molecule has 0 amide bonds. The molecule has 0 nitrogen and oxygen atoms in total. The SMILES string of the molecule is [Ge][c]1ccccc1-c1ccccc1-c1cccc2c(-c3cccc4c3C3(c5ccccc5-c5ccccc53)c3ccccc3-4)c3cccc(-c4ccc[c]5c4-c4cccc[c]4[Ge]5)c3cc12. The molecule has 0 aromatic heterocycles. The minimum absolute atomic E-state index is 0.433. The molecule has 0 saturated heterocycles. The Labute approximate surface area is 394 Å². The molecule has 1 spiro atoms. The molecule has 0 bridgehead atoms. The van der Waals surface area contributed by atoms with Gasteiger partial charge in [0.05, 0.1) is 0 Å². The van der Waals surface area contributed by atoms with Crippen molar-refractivity contribution in [3.63, 3.8) is 0 Å². The quantitative estimate of drug-likeness (QED) is 0.122. The summed E-state index contributed by atoms with van der Waals surface area (Å²) < 4.78 is 4.32. The van der Waals surface area contributed by atoms with Gasteiger partial charge >= 0.3 is 348 Å². The topological polar surface area (TPSA) is 0 Å². The van der Waals surface area contributed by atoms with Crippen LogP contribution in [-0.2, 0) is 5.41 Å². The summed E-state index contributed by atoms with van der Waals surface area (Å²) in [7, 11) is 0. The third-order valence-corrected chi connectivity index (χ3v) is 18.4. The van der Waals surface area contributed by atoms with Gasteiger partial charge in [-0.25, -0.2) is 0 Å². The predicted octanol–water partition coefficient (Wildman–Crippen LogP) is 13.4. The number of rotatable bonds is 4. The summed E-state index contributed by atoms with van der Waals surface area (Å²) >= 11 is 1.80. The molecule has 297 valence electrons. The van der Waals surface area contributed by atoms with Crippen molar-refractivity contribution in [1.82, 2.24) is 0 Å². The molecule has 2 heteroatoms. The zero-order valence-corrected chi connectivity index (χ0v) is 39.6. The Morgan fingerprint density at radius 3 is 1.34 bits per heavy atom. The Bertz CT molecular complexity index is 3770. The average Bonchev–Trinajstić information content (AvgIpc) is 4.00. The fraction of sp³-hybridized carbons (Fsp3) is 0.0159. The van der Waals surface area contributed by atoms with Crippen molar-refractivity contribution in [2.24, 2.45) is 0 Å². The van der Waals surface area contributed by atoms with Crippen molar-refractivity contribution in [1.29, 1.82) is 0 Å².